The summed E-state index contributed by atoms with van der Waals surface area (Å²) >= 11 is 0. The van der Waals surface area contributed by atoms with Crippen molar-refractivity contribution in [3.05, 3.63) is 0 Å². The molecule has 1 amide bonds. The van der Waals surface area contributed by atoms with Crippen molar-refractivity contribution in [3.63, 3.8) is 0 Å². The molecule has 1 aliphatic carbocycles. The molecule has 0 aromatic rings. The van der Waals surface area contributed by atoms with E-state index < -0.39 is 6.10 Å². The lowest BCUT2D eigenvalue weighted by molar-refractivity contribution is -0.134. The molecule has 1 atom stereocenters. The van der Waals surface area contributed by atoms with Crippen LogP contribution in [0, 0.1) is 5.92 Å². The first kappa shape index (κ1) is 17.7. The van der Waals surface area contributed by atoms with Crippen molar-refractivity contribution < 1.29 is 14.6 Å². The van der Waals surface area contributed by atoms with E-state index in [1.807, 2.05) is 11.8 Å². The van der Waals surface area contributed by atoms with Gasteiger partial charge in [0.25, 0.3) is 0 Å². The summed E-state index contributed by atoms with van der Waals surface area (Å²) in [6.45, 7) is 6.94. The van der Waals surface area contributed by atoms with Crippen molar-refractivity contribution in [2.24, 2.45) is 5.92 Å². The first-order valence-electron chi connectivity index (χ1n) is 8.95. The van der Waals surface area contributed by atoms with Gasteiger partial charge >= 0.3 is 0 Å². The number of hydrogen-bond donors (Lipinski definition) is 1. The summed E-state index contributed by atoms with van der Waals surface area (Å²) in [5.74, 6) is 0.953. The fraction of sp³-hybridized carbons (Fsp3) is 0.941. The largest absolute Gasteiger partial charge is 0.389 e. The Morgan fingerprint density at radius 1 is 1.18 bits per heavy atom. The molecule has 0 aromatic carbocycles. The van der Waals surface area contributed by atoms with Gasteiger partial charge < -0.3 is 14.7 Å². The van der Waals surface area contributed by atoms with Crippen LogP contribution in [0.5, 0.6) is 0 Å². The zero-order chi connectivity index (χ0) is 15.8. The predicted molar refractivity (Wildman–Crippen MR) is 86.7 cm³/mol. The summed E-state index contributed by atoms with van der Waals surface area (Å²) < 4.78 is 5.24. The van der Waals surface area contributed by atoms with Crippen LogP contribution >= 0.6 is 0 Å². The van der Waals surface area contributed by atoms with E-state index in [0.717, 1.165) is 32.6 Å². The summed E-state index contributed by atoms with van der Waals surface area (Å²) in [5, 5.41) is 9.88. The maximum absolute atomic E-state index is 12.4. The zero-order valence-electron chi connectivity index (χ0n) is 14.0. The summed E-state index contributed by atoms with van der Waals surface area (Å²) in [5.41, 5.74) is 0. The molecule has 22 heavy (non-hydrogen) atoms. The van der Waals surface area contributed by atoms with Gasteiger partial charge in [0.2, 0.25) is 5.91 Å². The molecule has 0 radical (unpaired) electrons. The minimum absolute atomic E-state index is 0.335. The molecule has 1 saturated carbocycles. The summed E-state index contributed by atoms with van der Waals surface area (Å²) in [4.78, 5) is 16.6. The Morgan fingerprint density at radius 2 is 1.86 bits per heavy atom. The Morgan fingerprint density at radius 3 is 2.50 bits per heavy atom. The van der Waals surface area contributed by atoms with E-state index in [1.54, 1.807) is 0 Å². The van der Waals surface area contributed by atoms with E-state index in [2.05, 4.69) is 4.90 Å². The van der Waals surface area contributed by atoms with Crippen LogP contribution in [0.15, 0.2) is 0 Å². The lowest BCUT2D eigenvalue weighted by Gasteiger charge is -2.36. The lowest BCUT2D eigenvalue weighted by atomic mass is 9.86. The fourth-order valence-electron chi connectivity index (χ4n) is 3.55. The van der Waals surface area contributed by atoms with Gasteiger partial charge in [-0.05, 0) is 25.7 Å². The van der Waals surface area contributed by atoms with Gasteiger partial charge in [0.15, 0.2) is 0 Å². The second kappa shape index (κ2) is 9.48. The number of hydrogen-bond acceptors (Lipinski definition) is 4. The van der Waals surface area contributed by atoms with E-state index in [9.17, 15) is 9.90 Å². The highest BCUT2D eigenvalue weighted by Gasteiger charge is 2.25. The van der Waals surface area contributed by atoms with Crippen LogP contribution in [-0.4, -0.2) is 72.9 Å². The van der Waals surface area contributed by atoms with Crippen LogP contribution in [0.1, 0.15) is 45.4 Å². The van der Waals surface area contributed by atoms with Gasteiger partial charge in [0.1, 0.15) is 0 Å². The monoisotopic (exact) mass is 312 g/mol. The highest BCUT2D eigenvalue weighted by molar-refractivity contribution is 5.76. The average Bonchev–Trinajstić information content (AvgIpc) is 2.54. The molecule has 0 bridgehead atoms. The Bertz CT molecular complexity index is 324. The third-order valence-corrected chi connectivity index (χ3v) is 4.90. The maximum atomic E-state index is 12.4. The molecule has 128 valence electrons. The van der Waals surface area contributed by atoms with Crippen LogP contribution < -0.4 is 0 Å². The van der Waals surface area contributed by atoms with Crippen LogP contribution in [0.3, 0.4) is 0 Å². The average molecular weight is 312 g/mol. The first-order valence-corrected chi connectivity index (χ1v) is 8.95. The van der Waals surface area contributed by atoms with Gasteiger partial charge in [-0.25, -0.2) is 0 Å². The number of carbonyl (C=O) groups is 1. The van der Waals surface area contributed by atoms with Crippen molar-refractivity contribution in [2.75, 3.05) is 45.9 Å². The predicted octanol–water partition coefficient (Wildman–Crippen LogP) is 1.50. The smallest absolute Gasteiger partial charge is 0.222 e. The molecule has 0 unspecified atom stereocenters. The molecule has 0 aromatic heterocycles. The number of aliphatic hydroxyl groups excluding tert-OH is 1. The van der Waals surface area contributed by atoms with Gasteiger partial charge in [0, 0.05) is 45.8 Å². The molecular formula is C17H32N2O3. The van der Waals surface area contributed by atoms with Crippen LogP contribution in [0.4, 0.5) is 0 Å². The van der Waals surface area contributed by atoms with Crippen LogP contribution in [0.25, 0.3) is 0 Å². The van der Waals surface area contributed by atoms with E-state index in [4.69, 9.17) is 4.74 Å². The lowest BCUT2D eigenvalue weighted by Crippen LogP contribution is -2.51. The molecule has 1 aliphatic heterocycles. The number of rotatable bonds is 7. The van der Waals surface area contributed by atoms with E-state index in [0.29, 0.717) is 31.6 Å². The highest BCUT2D eigenvalue weighted by atomic mass is 16.5. The summed E-state index contributed by atoms with van der Waals surface area (Å²) in [7, 11) is 0. The number of nitrogens with zero attached hydrogens (tertiary/aromatic N) is 2. The Balaban J connectivity index is 1.64. The summed E-state index contributed by atoms with van der Waals surface area (Å²) in [6, 6.07) is 0. The van der Waals surface area contributed by atoms with E-state index >= 15 is 0 Å². The van der Waals surface area contributed by atoms with Gasteiger partial charge in [-0.3, -0.25) is 9.69 Å². The molecule has 1 saturated heterocycles. The molecule has 1 N–H and O–H groups in total. The third-order valence-electron chi connectivity index (χ3n) is 4.90. The molecule has 0 spiro atoms. The van der Waals surface area contributed by atoms with Crippen molar-refractivity contribution in [3.8, 4) is 0 Å². The fourth-order valence-corrected chi connectivity index (χ4v) is 3.55. The molecule has 5 nitrogen and oxygen atoms in total. The maximum Gasteiger partial charge on any atom is 0.222 e. The van der Waals surface area contributed by atoms with Gasteiger partial charge in [-0.15, -0.1) is 0 Å². The van der Waals surface area contributed by atoms with Crippen molar-refractivity contribution in [1.29, 1.82) is 0 Å². The molecule has 2 aliphatic rings. The van der Waals surface area contributed by atoms with Gasteiger partial charge in [-0.1, -0.05) is 19.3 Å². The second-order valence-electron chi connectivity index (χ2n) is 6.70. The normalized spacial score (nSPS) is 22.7. The van der Waals surface area contributed by atoms with Crippen LogP contribution in [0.2, 0.25) is 0 Å². The molecule has 2 rings (SSSR count). The minimum atomic E-state index is -0.426. The Hall–Kier alpha value is -0.650. The van der Waals surface area contributed by atoms with Crippen LogP contribution in [-0.2, 0) is 9.53 Å². The number of piperazine rings is 1. The highest BCUT2D eigenvalue weighted by Crippen LogP contribution is 2.27. The van der Waals surface area contributed by atoms with Crippen molar-refractivity contribution in [2.45, 2.75) is 51.6 Å². The second-order valence-corrected chi connectivity index (χ2v) is 6.70. The molecule has 5 heteroatoms. The van der Waals surface area contributed by atoms with Crippen molar-refractivity contribution >= 4 is 5.91 Å². The third kappa shape index (κ3) is 5.86. The number of aliphatic hydroxyl groups is 1. The molecule has 2 fully saturated rings. The van der Waals surface area contributed by atoms with E-state index in [-0.39, 0.29) is 0 Å². The number of β-amino-alcohol motifs (C(OH)–C–C–N with tert-alkyl or cyclic N) is 1. The standard InChI is InChI=1S/C17H32N2O3/c1-2-22-14-16(20)13-18-8-10-19(11-9-18)17(21)12-15-6-4-3-5-7-15/h15-16,20H,2-14H2,1H3/t16-/m1/s1. The summed E-state index contributed by atoms with van der Waals surface area (Å²) in [6.07, 6.45) is 6.71. The number of carbonyl (C=O) groups excluding carboxylic acids is 1. The molecule has 1 heterocycles. The number of amides is 1. The number of ether oxygens (including phenoxy) is 1. The van der Waals surface area contributed by atoms with Gasteiger partial charge in [0.05, 0.1) is 12.7 Å². The zero-order valence-corrected chi connectivity index (χ0v) is 14.0. The first-order chi connectivity index (χ1) is 10.7. The topological polar surface area (TPSA) is 53.0 Å². The van der Waals surface area contributed by atoms with E-state index in [1.165, 1.54) is 32.1 Å². The van der Waals surface area contributed by atoms with Crippen molar-refractivity contribution in [1.82, 2.24) is 9.80 Å². The Kier molecular flexibility index (Phi) is 7.63. The molecular weight excluding hydrogens is 280 g/mol. The minimum Gasteiger partial charge on any atom is -0.389 e. The SMILES string of the molecule is CCOC[C@H](O)CN1CCN(C(=O)CC2CCCCC2)CC1. The van der Waals surface area contributed by atoms with Gasteiger partial charge in [-0.2, -0.15) is 0 Å². The quantitative estimate of drug-likeness (QED) is 0.774. The Labute approximate surface area is 134 Å².